The number of rotatable bonds is 3. The van der Waals surface area contributed by atoms with Gasteiger partial charge in [0.05, 0.1) is 12.7 Å². The summed E-state index contributed by atoms with van der Waals surface area (Å²) in [5.41, 5.74) is 2.05. The van der Waals surface area contributed by atoms with Gasteiger partial charge in [-0.1, -0.05) is 0 Å². The van der Waals surface area contributed by atoms with E-state index in [0.29, 0.717) is 17.7 Å². The SMILES string of the molecule is COc1cc(CC(C)=O)cc2c1COC2=O. The first-order valence-electron chi connectivity index (χ1n) is 4.98. The average molecular weight is 220 g/mol. The number of ether oxygens (including phenoxy) is 2. The minimum atomic E-state index is -0.348. The standard InChI is InChI=1S/C12H12O4/c1-7(13)3-8-4-9-10(6-16-12(9)14)11(5-8)15-2/h4-5H,3,6H2,1-2H3. The summed E-state index contributed by atoms with van der Waals surface area (Å²) in [5.74, 6) is 0.312. The van der Waals surface area contributed by atoms with Crippen LogP contribution >= 0.6 is 0 Å². The summed E-state index contributed by atoms with van der Waals surface area (Å²) in [6.45, 7) is 1.76. The fourth-order valence-electron chi connectivity index (χ4n) is 1.82. The van der Waals surface area contributed by atoms with Crippen molar-refractivity contribution in [1.82, 2.24) is 0 Å². The Morgan fingerprint density at radius 1 is 1.50 bits per heavy atom. The van der Waals surface area contributed by atoms with Crippen molar-refractivity contribution in [1.29, 1.82) is 0 Å². The van der Waals surface area contributed by atoms with Crippen molar-refractivity contribution < 1.29 is 19.1 Å². The zero-order chi connectivity index (χ0) is 11.7. The first-order valence-corrected chi connectivity index (χ1v) is 4.98. The molecule has 84 valence electrons. The molecule has 0 unspecified atom stereocenters. The van der Waals surface area contributed by atoms with Crippen molar-refractivity contribution in [2.75, 3.05) is 7.11 Å². The molecule has 1 aromatic carbocycles. The van der Waals surface area contributed by atoms with Crippen molar-refractivity contribution in [2.45, 2.75) is 20.0 Å². The lowest BCUT2D eigenvalue weighted by atomic mass is 10.0. The van der Waals surface area contributed by atoms with Gasteiger partial charge in [-0.2, -0.15) is 0 Å². The molecule has 1 aliphatic rings. The van der Waals surface area contributed by atoms with Crippen LogP contribution in [0.5, 0.6) is 5.75 Å². The van der Waals surface area contributed by atoms with Gasteiger partial charge in [0.2, 0.25) is 0 Å². The van der Waals surface area contributed by atoms with Crippen LogP contribution in [0.3, 0.4) is 0 Å². The highest BCUT2D eigenvalue weighted by molar-refractivity contribution is 5.95. The number of benzene rings is 1. The normalized spacial score (nSPS) is 13.2. The highest BCUT2D eigenvalue weighted by Gasteiger charge is 2.25. The fraction of sp³-hybridized carbons (Fsp3) is 0.333. The molecule has 0 bridgehead atoms. The second kappa shape index (κ2) is 3.96. The number of ketones is 1. The van der Waals surface area contributed by atoms with E-state index in [2.05, 4.69) is 0 Å². The summed E-state index contributed by atoms with van der Waals surface area (Å²) < 4.78 is 10.1. The average Bonchev–Trinajstić information content (AvgIpc) is 2.59. The van der Waals surface area contributed by atoms with Crippen LogP contribution < -0.4 is 4.74 Å². The Morgan fingerprint density at radius 3 is 2.88 bits per heavy atom. The van der Waals surface area contributed by atoms with Crippen molar-refractivity contribution in [2.24, 2.45) is 0 Å². The molecule has 0 atom stereocenters. The topological polar surface area (TPSA) is 52.6 Å². The van der Waals surface area contributed by atoms with E-state index in [9.17, 15) is 9.59 Å². The summed E-state index contributed by atoms with van der Waals surface area (Å²) in [6.07, 6.45) is 0.302. The monoisotopic (exact) mass is 220 g/mol. The number of carbonyl (C=O) groups is 2. The summed E-state index contributed by atoms with van der Waals surface area (Å²) >= 11 is 0. The molecule has 0 fully saturated rings. The lowest BCUT2D eigenvalue weighted by molar-refractivity contribution is -0.116. The predicted molar refractivity (Wildman–Crippen MR) is 56.5 cm³/mol. The van der Waals surface area contributed by atoms with Crippen LogP contribution in [0.2, 0.25) is 0 Å². The van der Waals surface area contributed by atoms with E-state index >= 15 is 0 Å². The number of cyclic esters (lactones) is 1. The van der Waals surface area contributed by atoms with Gasteiger partial charge in [-0.05, 0) is 24.6 Å². The largest absolute Gasteiger partial charge is 0.496 e. The Morgan fingerprint density at radius 2 is 2.25 bits per heavy atom. The van der Waals surface area contributed by atoms with E-state index in [-0.39, 0.29) is 18.4 Å². The van der Waals surface area contributed by atoms with Crippen LogP contribution in [0.15, 0.2) is 12.1 Å². The maximum Gasteiger partial charge on any atom is 0.339 e. The van der Waals surface area contributed by atoms with Crippen LogP contribution in [-0.2, 0) is 22.6 Å². The highest BCUT2D eigenvalue weighted by Crippen LogP contribution is 2.30. The van der Waals surface area contributed by atoms with Crippen LogP contribution in [0.1, 0.15) is 28.4 Å². The maximum absolute atomic E-state index is 11.4. The number of hydrogen-bond donors (Lipinski definition) is 0. The molecule has 0 radical (unpaired) electrons. The van der Waals surface area contributed by atoms with E-state index < -0.39 is 0 Å². The van der Waals surface area contributed by atoms with Gasteiger partial charge in [-0.15, -0.1) is 0 Å². The van der Waals surface area contributed by atoms with Gasteiger partial charge < -0.3 is 9.47 Å². The second-order valence-corrected chi connectivity index (χ2v) is 3.78. The highest BCUT2D eigenvalue weighted by atomic mass is 16.5. The molecule has 0 saturated carbocycles. The molecule has 0 amide bonds. The van der Waals surface area contributed by atoms with Gasteiger partial charge in [-0.3, -0.25) is 4.79 Å². The molecule has 0 saturated heterocycles. The number of esters is 1. The van der Waals surface area contributed by atoms with Crippen molar-refractivity contribution in [3.8, 4) is 5.75 Å². The number of hydrogen-bond acceptors (Lipinski definition) is 4. The molecule has 0 aliphatic carbocycles. The Bertz CT molecular complexity index is 462. The van der Waals surface area contributed by atoms with Gasteiger partial charge in [0, 0.05) is 12.0 Å². The second-order valence-electron chi connectivity index (χ2n) is 3.78. The summed E-state index contributed by atoms with van der Waals surface area (Å²) in [7, 11) is 1.54. The van der Waals surface area contributed by atoms with E-state index in [1.165, 1.54) is 14.0 Å². The minimum Gasteiger partial charge on any atom is -0.496 e. The smallest absolute Gasteiger partial charge is 0.339 e. The molecule has 16 heavy (non-hydrogen) atoms. The molecular weight excluding hydrogens is 208 g/mol. The van der Waals surface area contributed by atoms with Crippen LogP contribution in [0, 0.1) is 0 Å². The number of fused-ring (bicyclic) bond motifs is 1. The third-order valence-electron chi connectivity index (χ3n) is 2.51. The first kappa shape index (κ1) is 10.7. The van der Waals surface area contributed by atoms with E-state index in [4.69, 9.17) is 9.47 Å². The van der Waals surface area contributed by atoms with Gasteiger partial charge >= 0.3 is 5.97 Å². The summed E-state index contributed by atoms with van der Waals surface area (Å²) in [5, 5.41) is 0. The Labute approximate surface area is 93.2 Å². The molecule has 0 aromatic heterocycles. The Hall–Kier alpha value is -1.84. The predicted octanol–water partition coefficient (Wildman–Crippen LogP) is 1.50. The first-order chi connectivity index (χ1) is 7.61. The Kier molecular flexibility index (Phi) is 2.64. The molecule has 4 heteroatoms. The van der Waals surface area contributed by atoms with Gasteiger partial charge in [0.25, 0.3) is 0 Å². The molecule has 1 heterocycles. The molecule has 1 aromatic rings. The molecule has 2 rings (SSSR count). The van der Waals surface area contributed by atoms with Gasteiger partial charge in [-0.25, -0.2) is 4.79 Å². The van der Waals surface area contributed by atoms with Gasteiger partial charge in [0.1, 0.15) is 18.1 Å². The molecule has 4 nitrogen and oxygen atoms in total. The van der Waals surface area contributed by atoms with Crippen molar-refractivity contribution in [3.05, 3.63) is 28.8 Å². The molecule has 0 spiro atoms. The van der Waals surface area contributed by atoms with Crippen molar-refractivity contribution in [3.63, 3.8) is 0 Å². The van der Waals surface area contributed by atoms with Crippen LogP contribution in [0.25, 0.3) is 0 Å². The molecular formula is C12H12O4. The lowest BCUT2D eigenvalue weighted by Crippen LogP contribution is -2.01. The maximum atomic E-state index is 11.4. The summed E-state index contributed by atoms with van der Waals surface area (Å²) in [4.78, 5) is 22.4. The zero-order valence-corrected chi connectivity index (χ0v) is 9.20. The molecule has 1 aliphatic heterocycles. The third-order valence-corrected chi connectivity index (χ3v) is 2.51. The summed E-state index contributed by atoms with van der Waals surface area (Å²) in [6, 6.07) is 3.48. The molecule has 0 N–H and O–H groups in total. The van der Waals surface area contributed by atoms with E-state index in [0.717, 1.165) is 11.1 Å². The number of Topliss-reactive ketones (excluding diaryl/α,β-unsaturated/α-hetero) is 1. The van der Waals surface area contributed by atoms with Crippen molar-refractivity contribution >= 4 is 11.8 Å². The van der Waals surface area contributed by atoms with Crippen LogP contribution in [0.4, 0.5) is 0 Å². The Balaban J connectivity index is 2.48. The third kappa shape index (κ3) is 1.78. The van der Waals surface area contributed by atoms with Gasteiger partial charge in [0.15, 0.2) is 0 Å². The van der Waals surface area contributed by atoms with Crippen LogP contribution in [-0.4, -0.2) is 18.9 Å². The fourth-order valence-corrected chi connectivity index (χ4v) is 1.82. The lowest BCUT2D eigenvalue weighted by Gasteiger charge is -2.07. The zero-order valence-electron chi connectivity index (χ0n) is 9.20. The number of methoxy groups -OCH3 is 1. The number of carbonyl (C=O) groups excluding carboxylic acids is 2. The van der Waals surface area contributed by atoms with E-state index in [1.807, 2.05) is 0 Å². The van der Waals surface area contributed by atoms with E-state index in [1.54, 1.807) is 12.1 Å². The minimum absolute atomic E-state index is 0.0494. The quantitative estimate of drug-likeness (QED) is 0.724.